The minimum absolute atomic E-state index is 0.00560. The number of nitrogens with zero attached hydrogens (tertiary/aromatic N) is 5. The van der Waals surface area contributed by atoms with Crippen LogP contribution in [0.1, 0.15) is 33.1 Å². The number of hydrogen-bond donors (Lipinski definition) is 1. The monoisotopic (exact) mass is 344 g/mol. The molecule has 0 bridgehead atoms. The van der Waals surface area contributed by atoms with Crippen molar-refractivity contribution in [3.05, 3.63) is 24.4 Å². The summed E-state index contributed by atoms with van der Waals surface area (Å²) in [7, 11) is 0. The first-order valence-electron chi connectivity index (χ1n) is 8.03. The first kappa shape index (κ1) is 17.0. The zero-order valence-corrected chi connectivity index (χ0v) is 14.4. The Balaban J connectivity index is 1.57. The van der Waals surface area contributed by atoms with Gasteiger partial charge in [0.15, 0.2) is 0 Å². The van der Waals surface area contributed by atoms with Crippen LogP contribution in [-0.2, 0) is 16.1 Å². The number of hydrogen-bond acceptors (Lipinski definition) is 7. The summed E-state index contributed by atoms with van der Waals surface area (Å²) in [4.78, 5) is 38.3. The quantitative estimate of drug-likeness (QED) is 0.872. The zero-order valence-electron chi connectivity index (χ0n) is 14.4. The Morgan fingerprint density at radius 1 is 1.32 bits per heavy atom. The van der Waals surface area contributed by atoms with E-state index in [9.17, 15) is 9.59 Å². The molecule has 1 aliphatic rings. The number of carbonyl (C=O) groups is 2. The molecular weight excluding hydrogens is 324 g/mol. The summed E-state index contributed by atoms with van der Waals surface area (Å²) in [5.74, 6) is 0.301. The fourth-order valence-corrected chi connectivity index (χ4v) is 2.67. The Bertz CT molecular complexity index is 768. The molecule has 3 rings (SSSR count). The van der Waals surface area contributed by atoms with Gasteiger partial charge in [-0.15, -0.1) is 0 Å². The van der Waals surface area contributed by atoms with Gasteiger partial charge in [-0.05, 0) is 26.8 Å². The van der Waals surface area contributed by atoms with E-state index >= 15 is 0 Å². The third-order valence-electron chi connectivity index (χ3n) is 3.95. The van der Waals surface area contributed by atoms with Crippen LogP contribution in [0.3, 0.4) is 0 Å². The summed E-state index contributed by atoms with van der Waals surface area (Å²) >= 11 is 0. The lowest BCUT2D eigenvalue weighted by Crippen LogP contribution is -2.43. The Labute approximate surface area is 144 Å². The van der Waals surface area contributed by atoms with Gasteiger partial charge in [-0.1, -0.05) is 5.16 Å². The largest absolute Gasteiger partial charge is 0.347 e. The van der Waals surface area contributed by atoms with Gasteiger partial charge < -0.3 is 14.7 Å². The molecule has 1 saturated heterocycles. The summed E-state index contributed by atoms with van der Waals surface area (Å²) in [5, 5.41) is 6.54. The van der Waals surface area contributed by atoms with Crippen LogP contribution in [0.25, 0.3) is 11.6 Å². The highest BCUT2D eigenvalue weighted by Gasteiger charge is 2.39. The van der Waals surface area contributed by atoms with Crippen LogP contribution in [0.2, 0.25) is 0 Å². The van der Waals surface area contributed by atoms with Crippen LogP contribution < -0.4 is 5.32 Å². The number of amides is 2. The van der Waals surface area contributed by atoms with E-state index in [0.717, 1.165) is 0 Å². The van der Waals surface area contributed by atoms with Gasteiger partial charge in [0, 0.05) is 30.9 Å². The molecule has 3 heterocycles. The van der Waals surface area contributed by atoms with Gasteiger partial charge in [0.05, 0.1) is 12.5 Å². The lowest BCUT2D eigenvalue weighted by atomic mass is 10.1. The Morgan fingerprint density at radius 2 is 2.04 bits per heavy atom. The molecule has 1 N–H and O–H groups in total. The SMILES string of the molecule is CC(C)(C)N1C[C@H](C(=O)NCc2nc(-c3ncccn3)no2)CC1=O. The maximum atomic E-state index is 12.3. The Morgan fingerprint density at radius 3 is 2.68 bits per heavy atom. The number of nitrogens with one attached hydrogen (secondary N) is 1. The van der Waals surface area contributed by atoms with Crippen molar-refractivity contribution in [2.24, 2.45) is 5.92 Å². The van der Waals surface area contributed by atoms with Gasteiger partial charge in [0.2, 0.25) is 29.4 Å². The predicted molar refractivity (Wildman–Crippen MR) is 86.7 cm³/mol. The molecule has 0 aliphatic carbocycles. The van der Waals surface area contributed by atoms with Gasteiger partial charge in [-0.3, -0.25) is 9.59 Å². The standard InChI is InChI=1S/C16H20N6O3/c1-16(2,3)22-9-10(7-12(22)23)15(24)19-8-11-20-14(21-25-11)13-17-5-4-6-18-13/h4-6,10H,7-9H2,1-3H3,(H,19,24)/t10-/m1/s1. The van der Waals surface area contributed by atoms with E-state index < -0.39 is 0 Å². The summed E-state index contributed by atoms with van der Waals surface area (Å²) in [6.45, 7) is 6.38. The van der Waals surface area contributed by atoms with Crippen LogP contribution >= 0.6 is 0 Å². The molecule has 25 heavy (non-hydrogen) atoms. The maximum absolute atomic E-state index is 12.3. The molecule has 0 radical (unpaired) electrons. The number of likely N-dealkylation sites (tertiary alicyclic amines) is 1. The number of aromatic nitrogens is 4. The first-order chi connectivity index (χ1) is 11.8. The molecule has 1 atom stereocenters. The van der Waals surface area contributed by atoms with E-state index in [4.69, 9.17) is 4.52 Å². The van der Waals surface area contributed by atoms with E-state index in [1.54, 1.807) is 23.4 Å². The van der Waals surface area contributed by atoms with Crippen molar-refractivity contribution in [2.75, 3.05) is 6.54 Å². The fraction of sp³-hybridized carbons (Fsp3) is 0.500. The molecule has 0 spiro atoms. The van der Waals surface area contributed by atoms with Gasteiger partial charge >= 0.3 is 0 Å². The highest BCUT2D eigenvalue weighted by Crippen LogP contribution is 2.25. The van der Waals surface area contributed by atoms with Crippen LogP contribution in [0.5, 0.6) is 0 Å². The van der Waals surface area contributed by atoms with Gasteiger partial charge in [0.25, 0.3) is 0 Å². The van der Waals surface area contributed by atoms with E-state index in [1.807, 2.05) is 20.8 Å². The molecule has 2 amide bonds. The lowest BCUT2D eigenvalue weighted by Gasteiger charge is -2.31. The Kier molecular flexibility index (Phi) is 4.47. The molecule has 132 valence electrons. The minimum atomic E-state index is -0.369. The summed E-state index contributed by atoms with van der Waals surface area (Å²) in [6, 6.07) is 1.69. The maximum Gasteiger partial charge on any atom is 0.246 e. The fourth-order valence-electron chi connectivity index (χ4n) is 2.67. The smallest absolute Gasteiger partial charge is 0.246 e. The van der Waals surface area contributed by atoms with E-state index in [0.29, 0.717) is 12.4 Å². The number of rotatable bonds is 4. The van der Waals surface area contributed by atoms with Gasteiger partial charge in [0.1, 0.15) is 0 Å². The highest BCUT2D eigenvalue weighted by atomic mass is 16.5. The van der Waals surface area contributed by atoms with Crippen molar-refractivity contribution < 1.29 is 14.1 Å². The van der Waals surface area contributed by atoms with Crippen LogP contribution in [-0.4, -0.2) is 48.9 Å². The molecule has 0 aromatic carbocycles. The predicted octanol–water partition coefficient (Wildman–Crippen LogP) is 0.790. The van der Waals surface area contributed by atoms with Crippen LogP contribution in [0.15, 0.2) is 23.0 Å². The number of carbonyl (C=O) groups excluding carboxylic acids is 2. The van der Waals surface area contributed by atoms with Crippen molar-refractivity contribution in [1.82, 2.24) is 30.3 Å². The van der Waals surface area contributed by atoms with Gasteiger partial charge in [-0.25, -0.2) is 9.97 Å². The topological polar surface area (TPSA) is 114 Å². The minimum Gasteiger partial charge on any atom is -0.347 e. The second-order valence-corrected chi connectivity index (χ2v) is 6.88. The molecule has 2 aromatic rings. The average Bonchev–Trinajstić information content (AvgIpc) is 3.20. The molecule has 0 saturated carbocycles. The lowest BCUT2D eigenvalue weighted by molar-refractivity contribution is -0.132. The molecule has 2 aromatic heterocycles. The molecule has 0 unspecified atom stereocenters. The average molecular weight is 344 g/mol. The Hall–Kier alpha value is -2.84. The second-order valence-electron chi connectivity index (χ2n) is 6.88. The molecule has 9 nitrogen and oxygen atoms in total. The third-order valence-corrected chi connectivity index (χ3v) is 3.95. The van der Waals surface area contributed by atoms with Crippen molar-refractivity contribution in [1.29, 1.82) is 0 Å². The van der Waals surface area contributed by atoms with Gasteiger partial charge in [-0.2, -0.15) is 4.98 Å². The van der Waals surface area contributed by atoms with E-state index in [2.05, 4.69) is 25.4 Å². The van der Waals surface area contributed by atoms with Crippen molar-refractivity contribution in [3.63, 3.8) is 0 Å². The molecule has 9 heteroatoms. The highest BCUT2D eigenvalue weighted by molar-refractivity contribution is 5.89. The molecule has 1 aliphatic heterocycles. The van der Waals surface area contributed by atoms with Crippen molar-refractivity contribution in [2.45, 2.75) is 39.3 Å². The third kappa shape index (κ3) is 3.81. The zero-order chi connectivity index (χ0) is 18.0. The second kappa shape index (κ2) is 6.58. The van der Waals surface area contributed by atoms with Crippen molar-refractivity contribution >= 4 is 11.8 Å². The van der Waals surface area contributed by atoms with E-state index in [1.165, 1.54) is 0 Å². The van der Waals surface area contributed by atoms with Crippen molar-refractivity contribution in [3.8, 4) is 11.6 Å². The summed E-state index contributed by atoms with van der Waals surface area (Å²) in [5.41, 5.74) is -0.289. The van der Waals surface area contributed by atoms with Crippen LogP contribution in [0, 0.1) is 5.92 Å². The summed E-state index contributed by atoms with van der Waals surface area (Å²) in [6.07, 6.45) is 3.38. The van der Waals surface area contributed by atoms with Crippen LogP contribution in [0.4, 0.5) is 0 Å². The normalized spacial score (nSPS) is 17.8. The van der Waals surface area contributed by atoms with E-state index in [-0.39, 0.29) is 48.0 Å². The first-order valence-corrected chi connectivity index (χ1v) is 8.03. The summed E-state index contributed by atoms with van der Waals surface area (Å²) < 4.78 is 5.10. The molecule has 1 fully saturated rings. The molecular formula is C16H20N6O3.